The van der Waals surface area contributed by atoms with Gasteiger partial charge in [0, 0.05) is 20.1 Å². The summed E-state index contributed by atoms with van der Waals surface area (Å²) in [7, 11) is 5.24. The van der Waals surface area contributed by atoms with Crippen molar-refractivity contribution in [3.05, 3.63) is 28.0 Å². The highest BCUT2D eigenvalue weighted by atomic mass is 32.1. The molecule has 0 aliphatic carbocycles. The van der Waals surface area contributed by atoms with E-state index < -0.39 is 0 Å². The van der Waals surface area contributed by atoms with Crippen LogP contribution in [0.25, 0.3) is 0 Å². The number of hydrogen-bond acceptors (Lipinski definition) is 5. The lowest BCUT2D eigenvalue weighted by Gasteiger charge is -2.29. The number of methoxy groups -OCH3 is 2. The fourth-order valence-electron chi connectivity index (χ4n) is 2.68. The highest BCUT2D eigenvalue weighted by Crippen LogP contribution is 2.33. The van der Waals surface area contributed by atoms with Crippen LogP contribution in [0.5, 0.6) is 11.5 Å². The molecule has 1 aliphatic heterocycles. The lowest BCUT2D eigenvalue weighted by Crippen LogP contribution is -2.32. The van der Waals surface area contributed by atoms with Gasteiger partial charge < -0.3 is 14.4 Å². The van der Waals surface area contributed by atoms with Crippen LogP contribution in [0.1, 0.15) is 11.1 Å². The van der Waals surface area contributed by atoms with Gasteiger partial charge >= 0.3 is 0 Å². The number of aromatic amines is 1. The molecule has 3 rings (SSSR count). The minimum atomic E-state index is 0.628. The second kappa shape index (κ2) is 5.40. The number of benzene rings is 1. The third kappa shape index (κ3) is 2.37. The largest absolute Gasteiger partial charge is 0.493 e. The molecule has 1 aromatic heterocycles. The van der Waals surface area contributed by atoms with Gasteiger partial charge in [-0.15, -0.1) is 5.10 Å². The van der Waals surface area contributed by atoms with E-state index in [1.807, 2.05) is 17.7 Å². The van der Waals surface area contributed by atoms with Crippen LogP contribution in [0.2, 0.25) is 0 Å². The van der Waals surface area contributed by atoms with Gasteiger partial charge in [0.05, 0.1) is 14.2 Å². The molecule has 1 aliphatic rings. The van der Waals surface area contributed by atoms with Gasteiger partial charge in [0.1, 0.15) is 0 Å². The van der Waals surface area contributed by atoms with E-state index in [0.717, 1.165) is 37.0 Å². The summed E-state index contributed by atoms with van der Waals surface area (Å²) in [5, 5.41) is 7.13. The predicted octanol–water partition coefficient (Wildman–Crippen LogP) is 2.06. The lowest BCUT2D eigenvalue weighted by atomic mass is 9.99. The van der Waals surface area contributed by atoms with Gasteiger partial charge in [-0.3, -0.25) is 4.57 Å². The van der Waals surface area contributed by atoms with E-state index in [4.69, 9.17) is 21.7 Å². The monoisotopic (exact) mass is 306 g/mol. The summed E-state index contributed by atoms with van der Waals surface area (Å²) in [5.41, 5.74) is 2.52. The van der Waals surface area contributed by atoms with Crippen molar-refractivity contribution in [2.45, 2.75) is 13.0 Å². The molecule has 0 radical (unpaired) electrons. The zero-order valence-electron chi connectivity index (χ0n) is 12.3. The second-order valence-electron chi connectivity index (χ2n) is 5.04. The Balaban J connectivity index is 1.95. The summed E-state index contributed by atoms with van der Waals surface area (Å²) in [6.07, 6.45) is 0.940. The van der Waals surface area contributed by atoms with Crippen molar-refractivity contribution in [2.75, 3.05) is 25.7 Å². The molecule has 0 unspecified atom stereocenters. The second-order valence-corrected chi connectivity index (χ2v) is 5.42. The molecule has 112 valence electrons. The third-order valence-electron chi connectivity index (χ3n) is 3.86. The van der Waals surface area contributed by atoms with E-state index in [9.17, 15) is 0 Å². The van der Waals surface area contributed by atoms with Gasteiger partial charge in [-0.25, -0.2) is 5.10 Å². The predicted molar refractivity (Wildman–Crippen MR) is 82.7 cm³/mol. The van der Waals surface area contributed by atoms with E-state index >= 15 is 0 Å². The molecule has 6 nitrogen and oxygen atoms in total. The summed E-state index contributed by atoms with van der Waals surface area (Å²) < 4.78 is 13.3. The van der Waals surface area contributed by atoms with Gasteiger partial charge in [-0.1, -0.05) is 0 Å². The standard InChI is InChI=1S/C14H18N4O2S/c1-17-13(15-16-14(17)21)18-5-4-9-6-11(19-2)12(20-3)7-10(9)8-18/h6-7H,4-5,8H2,1-3H3,(H,16,21). The first-order valence-corrected chi connectivity index (χ1v) is 7.15. The molecule has 0 saturated carbocycles. The molecule has 0 spiro atoms. The third-order valence-corrected chi connectivity index (χ3v) is 4.22. The number of hydrogen-bond donors (Lipinski definition) is 1. The molecule has 2 aromatic rings. The first kappa shape index (κ1) is 13.9. The fraction of sp³-hybridized carbons (Fsp3) is 0.429. The number of ether oxygens (including phenoxy) is 2. The van der Waals surface area contributed by atoms with Crippen molar-refractivity contribution in [3.63, 3.8) is 0 Å². The first-order valence-electron chi connectivity index (χ1n) is 6.74. The molecular weight excluding hydrogens is 288 g/mol. The number of nitrogens with zero attached hydrogens (tertiary/aromatic N) is 3. The molecular formula is C14H18N4O2S. The van der Waals surface area contributed by atoms with Crippen LogP contribution in [0.15, 0.2) is 12.1 Å². The molecule has 0 bridgehead atoms. The van der Waals surface area contributed by atoms with Crippen molar-refractivity contribution in [3.8, 4) is 11.5 Å². The zero-order valence-corrected chi connectivity index (χ0v) is 13.2. The van der Waals surface area contributed by atoms with Crippen molar-refractivity contribution in [1.29, 1.82) is 0 Å². The van der Waals surface area contributed by atoms with Crippen LogP contribution in [0.4, 0.5) is 5.95 Å². The molecule has 0 saturated heterocycles. The van der Waals surface area contributed by atoms with Gasteiger partial charge in [0.25, 0.3) is 0 Å². The van der Waals surface area contributed by atoms with E-state index in [1.54, 1.807) is 14.2 Å². The van der Waals surface area contributed by atoms with Crippen LogP contribution in [-0.4, -0.2) is 35.5 Å². The number of aromatic nitrogens is 3. The van der Waals surface area contributed by atoms with Crippen LogP contribution in [0, 0.1) is 4.77 Å². The molecule has 2 heterocycles. The minimum Gasteiger partial charge on any atom is -0.493 e. The van der Waals surface area contributed by atoms with Crippen molar-refractivity contribution in [2.24, 2.45) is 7.05 Å². The van der Waals surface area contributed by atoms with E-state index in [1.165, 1.54) is 11.1 Å². The molecule has 1 aromatic carbocycles. The maximum absolute atomic E-state index is 5.38. The Kier molecular flexibility index (Phi) is 3.59. The maximum atomic E-state index is 5.38. The average Bonchev–Trinajstić information content (AvgIpc) is 2.85. The van der Waals surface area contributed by atoms with E-state index in [-0.39, 0.29) is 0 Å². The molecule has 1 N–H and O–H groups in total. The summed E-state index contributed by atoms with van der Waals surface area (Å²) in [6.45, 7) is 1.68. The molecule has 7 heteroatoms. The van der Waals surface area contributed by atoms with Crippen molar-refractivity contribution < 1.29 is 9.47 Å². The summed E-state index contributed by atoms with van der Waals surface area (Å²) in [4.78, 5) is 2.21. The highest BCUT2D eigenvalue weighted by Gasteiger charge is 2.22. The van der Waals surface area contributed by atoms with Gasteiger partial charge in [0.2, 0.25) is 5.95 Å². The van der Waals surface area contributed by atoms with Crippen molar-refractivity contribution in [1.82, 2.24) is 14.8 Å². The number of nitrogens with one attached hydrogen (secondary N) is 1. The Morgan fingerprint density at radius 3 is 2.43 bits per heavy atom. The normalized spacial score (nSPS) is 14.0. The quantitative estimate of drug-likeness (QED) is 0.880. The number of H-pyrrole nitrogens is 1. The zero-order chi connectivity index (χ0) is 15.0. The summed E-state index contributed by atoms with van der Waals surface area (Å²) in [5.74, 6) is 2.40. The number of fused-ring (bicyclic) bond motifs is 1. The van der Waals surface area contributed by atoms with Gasteiger partial charge in [-0.2, -0.15) is 0 Å². The molecule has 0 fully saturated rings. The van der Waals surface area contributed by atoms with Crippen molar-refractivity contribution >= 4 is 18.2 Å². The first-order chi connectivity index (χ1) is 10.1. The van der Waals surface area contributed by atoms with Crippen LogP contribution in [-0.2, 0) is 20.0 Å². The topological polar surface area (TPSA) is 55.3 Å². The molecule has 21 heavy (non-hydrogen) atoms. The van der Waals surface area contributed by atoms with Crippen LogP contribution >= 0.6 is 12.2 Å². The minimum absolute atomic E-state index is 0.628. The Hall–Kier alpha value is -2.02. The van der Waals surface area contributed by atoms with Gasteiger partial charge in [0.15, 0.2) is 16.3 Å². The Morgan fingerprint density at radius 1 is 1.19 bits per heavy atom. The maximum Gasteiger partial charge on any atom is 0.225 e. The fourth-order valence-corrected chi connectivity index (χ4v) is 2.80. The highest BCUT2D eigenvalue weighted by molar-refractivity contribution is 7.71. The van der Waals surface area contributed by atoms with Crippen LogP contribution in [0.3, 0.4) is 0 Å². The van der Waals surface area contributed by atoms with Crippen LogP contribution < -0.4 is 14.4 Å². The number of anilines is 1. The van der Waals surface area contributed by atoms with Gasteiger partial charge in [-0.05, 0) is 41.9 Å². The Bertz CT molecular complexity index is 722. The lowest BCUT2D eigenvalue weighted by molar-refractivity contribution is 0.353. The average molecular weight is 306 g/mol. The molecule has 0 atom stereocenters. The SMILES string of the molecule is COc1cc2c(cc1OC)CN(c1n[nH]c(=S)n1C)CC2. The van der Waals surface area contributed by atoms with E-state index in [2.05, 4.69) is 21.2 Å². The number of rotatable bonds is 3. The smallest absolute Gasteiger partial charge is 0.225 e. The van der Waals surface area contributed by atoms with E-state index in [0.29, 0.717) is 4.77 Å². The Morgan fingerprint density at radius 2 is 1.86 bits per heavy atom. The Labute approximate surface area is 128 Å². The summed E-state index contributed by atoms with van der Waals surface area (Å²) in [6, 6.07) is 4.11. The molecule has 0 amide bonds. The summed E-state index contributed by atoms with van der Waals surface area (Å²) >= 11 is 5.18.